The lowest BCUT2D eigenvalue weighted by Crippen LogP contribution is -2.32. The summed E-state index contributed by atoms with van der Waals surface area (Å²) in [5, 5.41) is 14.8. The van der Waals surface area contributed by atoms with Gasteiger partial charge in [-0.3, -0.25) is 10.1 Å². The summed E-state index contributed by atoms with van der Waals surface area (Å²) < 4.78 is 0. The minimum Gasteiger partial charge on any atom is -0.317 e. The van der Waals surface area contributed by atoms with E-state index in [9.17, 15) is 10.1 Å². The molecule has 0 saturated heterocycles. The molecule has 0 amide bonds. The number of hydrogen-bond donors (Lipinski definition) is 1. The highest BCUT2D eigenvalue weighted by Gasteiger charge is 2.28. The molecule has 0 bridgehead atoms. The van der Waals surface area contributed by atoms with Crippen LogP contribution in [-0.4, -0.2) is 18.0 Å². The lowest BCUT2D eigenvalue weighted by atomic mass is 9.82. The molecule has 5 heteroatoms. The van der Waals surface area contributed by atoms with Crippen LogP contribution in [0, 0.1) is 16.0 Å². The maximum absolute atomic E-state index is 11.1. The fourth-order valence-electron chi connectivity index (χ4n) is 2.34. The first-order valence-corrected chi connectivity index (χ1v) is 6.37. The monoisotopic (exact) mass is 270 g/mol. The SMILES string of the molecule is CNC(C)C(c1cc(Cl)ccc1[N+](=O)[O-])C(C)C. The number of nitrogens with zero attached hydrogens (tertiary/aromatic N) is 1. The normalized spacial score (nSPS) is 14.6. The Bertz CT molecular complexity index is 435. The van der Waals surface area contributed by atoms with E-state index >= 15 is 0 Å². The van der Waals surface area contributed by atoms with E-state index in [1.165, 1.54) is 6.07 Å². The van der Waals surface area contributed by atoms with E-state index in [1.54, 1.807) is 12.1 Å². The van der Waals surface area contributed by atoms with Crippen LogP contribution in [0.2, 0.25) is 5.02 Å². The first kappa shape index (κ1) is 14.9. The second-order valence-electron chi connectivity index (χ2n) is 4.81. The number of likely N-dealkylation sites (N-methyl/N-ethyl adjacent to an activating group) is 1. The molecule has 0 radical (unpaired) electrons. The van der Waals surface area contributed by atoms with Crippen LogP contribution in [0.5, 0.6) is 0 Å². The van der Waals surface area contributed by atoms with Gasteiger partial charge in [-0.15, -0.1) is 0 Å². The number of hydrogen-bond acceptors (Lipinski definition) is 3. The first-order chi connectivity index (χ1) is 8.38. The Morgan fingerprint density at radius 3 is 2.39 bits per heavy atom. The van der Waals surface area contributed by atoms with E-state index < -0.39 is 0 Å². The van der Waals surface area contributed by atoms with Crippen molar-refractivity contribution in [2.45, 2.75) is 32.7 Å². The second kappa shape index (κ2) is 6.16. The maximum atomic E-state index is 11.1. The van der Waals surface area contributed by atoms with Gasteiger partial charge >= 0.3 is 0 Å². The van der Waals surface area contributed by atoms with Crippen molar-refractivity contribution in [1.82, 2.24) is 5.32 Å². The molecular formula is C13H19ClN2O2. The second-order valence-corrected chi connectivity index (χ2v) is 5.24. The van der Waals surface area contributed by atoms with Crippen LogP contribution in [0.15, 0.2) is 18.2 Å². The van der Waals surface area contributed by atoms with E-state index in [0.29, 0.717) is 10.6 Å². The molecule has 0 aliphatic heterocycles. The summed E-state index contributed by atoms with van der Waals surface area (Å²) in [5.41, 5.74) is 0.838. The smallest absolute Gasteiger partial charge is 0.273 e. The van der Waals surface area contributed by atoms with Gasteiger partial charge < -0.3 is 5.32 Å². The Balaban J connectivity index is 3.34. The lowest BCUT2D eigenvalue weighted by molar-refractivity contribution is -0.385. The van der Waals surface area contributed by atoms with Gasteiger partial charge in [-0.1, -0.05) is 25.4 Å². The Hall–Kier alpha value is -1.13. The Morgan fingerprint density at radius 2 is 1.94 bits per heavy atom. The van der Waals surface area contributed by atoms with Crippen LogP contribution >= 0.6 is 11.6 Å². The molecule has 1 aromatic rings. The molecule has 2 atom stereocenters. The molecule has 0 spiro atoms. The zero-order valence-corrected chi connectivity index (χ0v) is 11.9. The molecule has 0 heterocycles. The van der Waals surface area contributed by atoms with Crippen molar-refractivity contribution in [3.63, 3.8) is 0 Å². The molecule has 1 aromatic carbocycles. The first-order valence-electron chi connectivity index (χ1n) is 5.99. The van der Waals surface area contributed by atoms with E-state index in [-0.39, 0.29) is 28.5 Å². The van der Waals surface area contributed by atoms with Gasteiger partial charge in [0.05, 0.1) is 4.92 Å². The molecule has 0 fully saturated rings. The zero-order chi connectivity index (χ0) is 13.9. The third-order valence-corrected chi connectivity index (χ3v) is 3.49. The number of nitrogens with one attached hydrogen (secondary N) is 1. The van der Waals surface area contributed by atoms with Gasteiger partial charge in [-0.05, 0) is 32.0 Å². The van der Waals surface area contributed by atoms with Crippen molar-refractivity contribution in [3.05, 3.63) is 38.9 Å². The Kier molecular flexibility index (Phi) is 5.11. The minimum absolute atomic E-state index is 0.0501. The molecule has 1 rings (SSSR count). The zero-order valence-electron chi connectivity index (χ0n) is 11.1. The van der Waals surface area contributed by atoms with Crippen LogP contribution in [0.25, 0.3) is 0 Å². The van der Waals surface area contributed by atoms with Crippen molar-refractivity contribution in [1.29, 1.82) is 0 Å². The fraction of sp³-hybridized carbons (Fsp3) is 0.538. The third-order valence-electron chi connectivity index (χ3n) is 3.26. The Labute approximate surface area is 112 Å². The number of halogens is 1. The largest absolute Gasteiger partial charge is 0.317 e. The average molecular weight is 271 g/mol. The fourth-order valence-corrected chi connectivity index (χ4v) is 2.52. The number of rotatable bonds is 5. The Morgan fingerprint density at radius 1 is 1.33 bits per heavy atom. The summed E-state index contributed by atoms with van der Waals surface area (Å²) >= 11 is 5.98. The van der Waals surface area contributed by atoms with Gasteiger partial charge in [0.25, 0.3) is 5.69 Å². The lowest BCUT2D eigenvalue weighted by Gasteiger charge is -2.27. The third kappa shape index (κ3) is 3.21. The number of nitro benzene ring substituents is 1. The summed E-state index contributed by atoms with van der Waals surface area (Å²) in [6.07, 6.45) is 0. The average Bonchev–Trinajstić information content (AvgIpc) is 2.28. The molecular weight excluding hydrogens is 252 g/mol. The standard InChI is InChI=1S/C13H19ClN2O2/c1-8(2)13(9(3)15-4)11-7-10(14)5-6-12(11)16(17)18/h5-9,13,15H,1-4H3. The molecule has 0 aromatic heterocycles. The van der Waals surface area contributed by atoms with E-state index in [2.05, 4.69) is 19.2 Å². The van der Waals surface area contributed by atoms with Gasteiger partial charge in [0.15, 0.2) is 0 Å². The van der Waals surface area contributed by atoms with E-state index in [0.717, 1.165) is 0 Å². The highest BCUT2D eigenvalue weighted by atomic mass is 35.5. The number of benzene rings is 1. The topological polar surface area (TPSA) is 55.2 Å². The summed E-state index contributed by atoms with van der Waals surface area (Å²) in [6, 6.07) is 4.89. The molecule has 0 aliphatic rings. The summed E-state index contributed by atoms with van der Waals surface area (Å²) in [7, 11) is 1.86. The van der Waals surface area contributed by atoms with Gasteiger partial charge in [-0.2, -0.15) is 0 Å². The van der Waals surface area contributed by atoms with Gasteiger partial charge in [-0.25, -0.2) is 0 Å². The maximum Gasteiger partial charge on any atom is 0.273 e. The van der Waals surface area contributed by atoms with Crippen molar-refractivity contribution >= 4 is 17.3 Å². The quantitative estimate of drug-likeness (QED) is 0.657. The highest BCUT2D eigenvalue weighted by molar-refractivity contribution is 6.30. The molecule has 0 aliphatic carbocycles. The molecule has 2 unspecified atom stereocenters. The number of nitro groups is 1. The van der Waals surface area contributed by atoms with Crippen molar-refractivity contribution in [2.24, 2.45) is 5.92 Å². The predicted molar refractivity (Wildman–Crippen MR) is 74.2 cm³/mol. The highest BCUT2D eigenvalue weighted by Crippen LogP contribution is 2.35. The van der Waals surface area contributed by atoms with E-state index in [1.807, 2.05) is 14.0 Å². The molecule has 18 heavy (non-hydrogen) atoms. The minimum atomic E-state index is -0.344. The summed E-state index contributed by atoms with van der Waals surface area (Å²) in [4.78, 5) is 10.8. The molecule has 4 nitrogen and oxygen atoms in total. The summed E-state index contributed by atoms with van der Waals surface area (Å²) in [6.45, 7) is 6.14. The van der Waals surface area contributed by atoms with Crippen LogP contribution in [-0.2, 0) is 0 Å². The van der Waals surface area contributed by atoms with Gasteiger partial charge in [0, 0.05) is 28.6 Å². The molecule has 1 N–H and O–H groups in total. The van der Waals surface area contributed by atoms with Crippen LogP contribution in [0.1, 0.15) is 32.3 Å². The van der Waals surface area contributed by atoms with Gasteiger partial charge in [0.1, 0.15) is 0 Å². The van der Waals surface area contributed by atoms with Crippen molar-refractivity contribution in [3.8, 4) is 0 Å². The molecule has 100 valence electrons. The van der Waals surface area contributed by atoms with E-state index in [4.69, 9.17) is 11.6 Å². The van der Waals surface area contributed by atoms with Crippen LogP contribution in [0.4, 0.5) is 5.69 Å². The predicted octanol–water partition coefficient (Wildman–Crippen LogP) is 3.60. The van der Waals surface area contributed by atoms with Crippen molar-refractivity contribution < 1.29 is 4.92 Å². The van der Waals surface area contributed by atoms with Gasteiger partial charge in [0.2, 0.25) is 0 Å². The van der Waals surface area contributed by atoms with Crippen molar-refractivity contribution in [2.75, 3.05) is 7.05 Å². The molecule has 0 saturated carbocycles. The summed E-state index contributed by atoms with van der Waals surface area (Å²) in [5.74, 6) is 0.332. The van der Waals surface area contributed by atoms with Crippen LogP contribution in [0.3, 0.4) is 0 Å². The van der Waals surface area contributed by atoms with Crippen LogP contribution < -0.4 is 5.32 Å².